The average Bonchev–Trinajstić information content (AvgIpc) is 2.18. The number of hydrogen-bond donors (Lipinski definition) is 3. The van der Waals surface area contributed by atoms with Gasteiger partial charge >= 0.3 is 6.03 Å². The maximum Gasteiger partial charge on any atom is 0.319 e. The van der Waals surface area contributed by atoms with Gasteiger partial charge in [0.2, 0.25) is 0 Å². The van der Waals surface area contributed by atoms with E-state index in [0.717, 1.165) is 5.69 Å². The highest BCUT2D eigenvalue weighted by Gasteiger charge is 2.08. The smallest absolute Gasteiger partial charge is 0.319 e. The number of anilines is 1. The van der Waals surface area contributed by atoms with Crippen molar-refractivity contribution in [2.45, 2.75) is 13.0 Å². The lowest BCUT2D eigenvalue weighted by Gasteiger charge is -2.12. The number of amides is 2. The molecule has 0 aromatic heterocycles. The molecule has 1 unspecified atom stereocenters. The molecule has 0 aliphatic heterocycles. The molecule has 0 saturated heterocycles. The van der Waals surface area contributed by atoms with Crippen LogP contribution >= 0.6 is 12.2 Å². The van der Waals surface area contributed by atoms with Crippen molar-refractivity contribution in [1.29, 1.82) is 0 Å². The van der Waals surface area contributed by atoms with Crippen LogP contribution in [0.3, 0.4) is 0 Å². The largest absolute Gasteiger partial charge is 0.392 e. The molecule has 0 aliphatic carbocycles. The van der Waals surface area contributed by atoms with Crippen molar-refractivity contribution in [2.75, 3.05) is 5.32 Å². The molecule has 4 N–H and O–H groups in total. The van der Waals surface area contributed by atoms with Gasteiger partial charge < -0.3 is 16.4 Å². The van der Waals surface area contributed by atoms with Crippen LogP contribution in [0.4, 0.5) is 10.5 Å². The summed E-state index contributed by atoms with van der Waals surface area (Å²) in [5.41, 5.74) is 6.09. The molecule has 0 fully saturated rings. The van der Waals surface area contributed by atoms with Crippen LogP contribution < -0.4 is 16.4 Å². The molecule has 15 heavy (non-hydrogen) atoms. The molecular formula is C10H13N3OS. The number of benzene rings is 1. The maximum atomic E-state index is 11.4. The zero-order valence-electron chi connectivity index (χ0n) is 8.36. The van der Waals surface area contributed by atoms with E-state index in [1.807, 2.05) is 18.2 Å². The van der Waals surface area contributed by atoms with Gasteiger partial charge in [0.1, 0.15) is 0 Å². The minimum Gasteiger partial charge on any atom is -0.392 e. The number of carbonyl (C=O) groups excluding carboxylic acids is 1. The minimum absolute atomic E-state index is 0.262. The fraction of sp³-hybridized carbons (Fsp3) is 0.200. The van der Waals surface area contributed by atoms with Crippen LogP contribution in [0.5, 0.6) is 0 Å². The Kier molecular flexibility index (Phi) is 4.05. The molecule has 4 nitrogen and oxygen atoms in total. The van der Waals surface area contributed by atoms with Crippen LogP contribution in [-0.2, 0) is 0 Å². The standard InChI is InChI=1S/C10H13N3OS/c1-7(9(11)15)12-10(14)13-8-5-3-2-4-6-8/h2-7H,1H3,(H2,11,15)(H2,12,13,14). The van der Waals surface area contributed by atoms with Gasteiger partial charge in [-0.3, -0.25) is 0 Å². The van der Waals surface area contributed by atoms with E-state index in [9.17, 15) is 4.79 Å². The number of nitrogens with one attached hydrogen (secondary N) is 2. The van der Waals surface area contributed by atoms with E-state index >= 15 is 0 Å². The predicted octanol–water partition coefficient (Wildman–Crippen LogP) is 1.48. The summed E-state index contributed by atoms with van der Waals surface area (Å²) in [4.78, 5) is 11.7. The van der Waals surface area contributed by atoms with Gasteiger partial charge in [-0.2, -0.15) is 0 Å². The number of rotatable bonds is 3. The van der Waals surface area contributed by atoms with E-state index in [-0.39, 0.29) is 17.1 Å². The average molecular weight is 223 g/mol. The Morgan fingerprint density at radius 1 is 1.40 bits per heavy atom. The van der Waals surface area contributed by atoms with Crippen LogP contribution in [0.15, 0.2) is 30.3 Å². The molecule has 1 aromatic rings. The molecule has 0 bridgehead atoms. The normalized spacial score (nSPS) is 11.5. The second-order valence-corrected chi connectivity index (χ2v) is 3.56. The van der Waals surface area contributed by atoms with Gasteiger partial charge in [0, 0.05) is 5.69 Å². The summed E-state index contributed by atoms with van der Waals surface area (Å²) in [6.07, 6.45) is 0. The fourth-order valence-electron chi connectivity index (χ4n) is 0.956. The molecule has 1 rings (SSSR count). The quantitative estimate of drug-likeness (QED) is 0.680. The van der Waals surface area contributed by atoms with E-state index in [1.165, 1.54) is 0 Å². The second kappa shape index (κ2) is 5.31. The minimum atomic E-state index is -0.318. The molecular weight excluding hydrogens is 210 g/mol. The van der Waals surface area contributed by atoms with Crippen molar-refractivity contribution in [2.24, 2.45) is 5.73 Å². The number of thiocarbonyl (C=S) groups is 1. The Morgan fingerprint density at radius 3 is 2.53 bits per heavy atom. The van der Waals surface area contributed by atoms with Crippen molar-refractivity contribution in [3.63, 3.8) is 0 Å². The van der Waals surface area contributed by atoms with Gasteiger partial charge in [0.25, 0.3) is 0 Å². The summed E-state index contributed by atoms with van der Waals surface area (Å²) < 4.78 is 0. The van der Waals surface area contributed by atoms with Crippen molar-refractivity contribution in [3.8, 4) is 0 Å². The van der Waals surface area contributed by atoms with Gasteiger partial charge in [0.05, 0.1) is 11.0 Å². The Bertz CT molecular complexity index is 353. The lowest BCUT2D eigenvalue weighted by atomic mass is 10.3. The van der Waals surface area contributed by atoms with E-state index < -0.39 is 0 Å². The third kappa shape index (κ3) is 3.95. The van der Waals surface area contributed by atoms with Crippen molar-refractivity contribution in [3.05, 3.63) is 30.3 Å². The summed E-state index contributed by atoms with van der Waals surface area (Å²) >= 11 is 4.74. The van der Waals surface area contributed by atoms with Crippen LogP contribution in [-0.4, -0.2) is 17.1 Å². The number of carbonyl (C=O) groups is 1. The first-order chi connectivity index (χ1) is 7.09. The monoisotopic (exact) mass is 223 g/mol. The van der Waals surface area contributed by atoms with E-state index in [1.54, 1.807) is 19.1 Å². The van der Waals surface area contributed by atoms with Gasteiger partial charge in [0.15, 0.2) is 0 Å². The number of para-hydroxylation sites is 1. The molecule has 0 aliphatic rings. The molecule has 1 aromatic carbocycles. The fourth-order valence-corrected chi connectivity index (χ4v) is 1.02. The molecule has 2 amide bonds. The number of urea groups is 1. The highest BCUT2D eigenvalue weighted by Crippen LogP contribution is 2.04. The Hall–Kier alpha value is -1.62. The zero-order chi connectivity index (χ0) is 11.3. The third-order valence-electron chi connectivity index (χ3n) is 1.81. The van der Waals surface area contributed by atoms with E-state index in [2.05, 4.69) is 10.6 Å². The van der Waals surface area contributed by atoms with Gasteiger partial charge in [-0.1, -0.05) is 30.4 Å². The topological polar surface area (TPSA) is 67.2 Å². The Balaban J connectivity index is 2.47. The summed E-state index contributed by atoms with van der Waals surface area (Å²) in [6, 6.07) is 8.51. The lowest BCUT2D eigenvalue weighted by Crippen LogP contribution is -2.43. The van der Waals surface area contributed by atoms with Gasteiger partial charge in [-0.25, -0.2) is 4.79 Å². The Labute approximate surface area is 93.9 Å². The van der Waals surface area contributed by atoms with Crippen LogP contribution in [0, 0.1) is 0 Å². The van der Waals surface area contributed by atoms with Crippen LogP contribution in [0.1, 0.15) is 6.92 Å². The highest BCUT2D eigenvalue weighted by atomic mass is 32.1. The van der Waals surface area contributed by atoms with Gasteiger partial charge in [-0.15, -0.1) is 0 Å². The first-order valence-corrected chi connectivity index (χ1v) is 4.92. The third-order valence-corrected chi connectivity index (χ3v) is 2.16. The van der Waals surface area contributed by atoms with Gasteiger partial charge in [-0.05, 0) is 19.1 Å². The summed E-state index contributed by atoms with van der Waals surface area (Å²) in [7, 11) is 0. The molecule has 1 atom stereocenters. The van der Waals surface area contributed by atoms with E-state index in [4.69, 9.17) is 18.0 Å². The predicted molar refractivity (Wildman–Crippen MR) is 64.8 cm³/mol. The van der Waals surface area contributed by atoms with Crippen molar-refractivity contribution < 1.29 is 4.79 Å². The molecule has 80 valence electrons. The SMILES string of the molecule is CC(NC(=O)Nc1ccccc1)C(N)=S. The first kappa shape index (κ1) is 11.5. The van der Waals surface area contributed by atoms with E-state index in [0.29, 0.717) is 0 Å². The number of nitrogens with two attached hydrogens (primary N) is 1. The number of hydrogen-bond acceptors (Lipinski definition) is 2. The summed E-state index contributed by atoms with van der Waals surface area (Å²) in [5.74, 6) is 0. The van der Waals surface area contributed by atoms with Crippen LogP contribution in [0.25, 0.3) is 0 Å². The first-order valence-electron chi connectivity index (χ1n) is 4.51. The lowest BCUT2D eigenvalue weighted by molar-refractivity contribution is 0.251. The zero-order valence-corrected chi connectivity index (χ0v) is 9.17. The highest BCUT2D eigenvalue weighted by molar-refractivity contribution is 7.80. The molecule has 0 saturated carbocycles. The molecule has 0 radical (unpaired) electrons. The van der Waals surface area contributed by atoms with Crippen LogP contribution in [0.2, 0.25) is 0 Å². The molecule has 5 heteroatoms. The molecule has 0 spiro atoms. The summed E-state index contributed by atoms with van der Waals surface area (Å²) in [5, 5.41) is 5.27. The van der Waals surface area contributed by atoms with Crippen molar-refractivity contribution in [1.82, 2.24) is 5.32 Å². The summed E-state index contributed by atoms with van der Waals surface area (Å²) in [6.45, 7) is 1.73. The second-order valence-electron chi connectivity index (χ2n) is 3.09. The molecule has 0 heterocycles. The van der Waals surface area contributed by atoms with Crippen molar-refractivity contribution >= 4 is 28.9 Å². The Morgan fingerprint density at radius 2 is 2.00 bits per heavy atom. The maximum absolute atomic E-state index is 11.4.